The number of hydrogen-bond acceptors (Lipinski definition) is 6. The Kier molecular flexibility index (Phi) is 6.74. The predicted octanol–water partition coefficient (Wildman–Crippen LogP) is 5.38. The first-order valence-electron chi connectivity index (χ1n) is 9.23. The summed E-state index contributed by atoms with van der Waals surface area (Å²) < 4.78 is 70.5. The summed E-state index contributed by atoms with van der Waals surface area (Å²) in [7, 11) is -3.99. The maximum atomic E-state index is 12.7. The molecule has 0 unspecified atom stereocenters. The first-order valence-corrected chi connectivity index (χ1v) is 11.5. The summed E-state index contributed by atoms with van der Waals surface area (Å²) in [5.74, 6) is 0.106. The lowest BCUT2D eigenvalue weighted by Crippen LogP contribution is -2.12. The van der Waals surface area contributed by atoms with Gasteiger partial charge < -0.3 is 9.84 Å². The molecule has 2 aromatic heterocycles. The van der Waals surface area contributed by atoms with E-state index in [2.05, 4.69) is 15.2 Å². The lowest BCUT2D eigenvalue weighted by atomic mass is 10.2. The van der Waals surface area contributed by atoms with E-state index in [9.17, 15) is 26.4 Å². The number of benzene rings is 1. The molecule has 0 radical (unpaired) electrons. The molecule has 0 atom stereocenters. The normalized spacial score (nSPS) is 12.3. The summed E-state index contributed by atoms with van der Waals surface area (Å²) in [6.45, 7) is 3.38. The molecule has 2 heterocycles. The Morgan fingerprint density at radius 2 is 1.84 bits per heavy atom. The third kappa shape index (κ3) is 5.56. The number of anilines is 2. The average Bonchev–Trinajstić information content (AvgIpc) is 3.34. The molecule has 12 heteroatoms. The van der Waals surface area contributed by atoms with E-state index in [0.717, 1.165) is 35.6 Å². The van der Waals surface area contributed by atoms with Crippen molar-refractivity contribution in [2.24, 2.45) is 0 Å². The van der Waals surface area contributed by atoms with Gasteiger partial charge in [-0.15, -0.1) is 11.3 Å². The fourth-order valence-corrected chi connectivity index (χ4v) is 4.83. The Morgan fingerprint density at radius 3 is 2.47 bits per heavy atom. The molecule has 0 aliphatic heterocycles. The number of sulfonamides is 1. The zero-order valence-electron chi connectivity index (χ0n) is 16.9. The Morgan fingerprint density at radius 1 is 1.16 bits per heavy atom. The molecule has 0 aliphatic rings. The molecule has 1 aromatic carbocycles. The number of aryl methyl sites for hydroxylation is 1. The van der Waals surface area contributed by atoms with Crippen LogP contribution in [0.15, 0.2) is 45.1 Å². The number of thiophene rings is 1. The van der Waals surface area contributed by atoms with Crippen LogP contribution in [0, 0.1) is 6.92 Å². The van der Waals surface area contributed by atoms with Gasteiger partial charge in [0.1, 0.15) is 15.6 Å². The third-order valence-electron chi connectivity index (χ3n) is 4.21. The summed E-state index contributed by atoms with van der Waals surface area (Å²) in [5.41, 5.74) is 0.0705. The highest BCUT2D eigenvalue weighted by molar-refractivity contribution is 7.94. The summed E-state index contributed by atoms with van der Waals surface area (Å²) >= 11 is 0.950. The van der Waals surface area contributed by atoms with Crippen LogP contribution in [-0.2, 0) is 21.0 Å². The first-order chi connectivity index (χ1) is 15.0. The fraction of sp³-hybridized carbons (Fsp3) is 0.200. The molecule has 3 aromatic rings. The summed E-state index contributed by atoms with van der Waals surface area (Å²) in [6, 6.07) is 6.64. The van der Waals surface area contributed by atoms with Gasteiger partial charge in [0, 0.05) is 17.0 Å². The number of nitrogens with one attached hydrogen (secondary N) is 2. The Bertz CT molecular complexity index is 1240. The van der Waals surface area contributed by atoms with Crippen molar-refractivity contribution in [1.82, 2.24) is 5.16 Å². The van der Waals surface area contributed by atoms with Crippen LogP contribution in [0.5, 0.6) is 0 Å². The number of halogens is 3. The number of rotatable bonds is 7. The van der Waals surface area contributed by atoms with E-state index in [1.165, 1.54) is 6.07 Å². The molecule has 170 valence electrons. The van der Waals surface area contributed by atoms with Gasteiger partial charge in [-0.25, -0.2) is 8.42 Å². The molecule has 1 amide bonds. The van der Waals surface area contributed by atoms with Crippen LogP contribution >= 0.6 is 11.3 Å². The SMILES string of the molecule is CCC(=O)Nc1c(C)noc1/C=C/c1ccc(S(=O)(=O)Nc2ccc(C(F)(F)F)cc2)s1. The number of alkyl halides is 3. The van der Waals surface area contributed by atoms with Crippen molar-refractivity contribution in [3.63, 3.8) is 0 Å². The molecule has 0 saturated heterocycles. The van der Waals surface area contributed by atoms with E-state index in [1.807, 2.05) is 0 Å². The Balaban J connectivity index is 1.75. The van der Waals surface area contributed by atoms with Gasteiger partial charge in [-0.05, 0) is 55.5 Å². The molecular formula is C20H18F3N3O4S2. The zero-order valence-corrected chi connectivity index (χ0v) is 18.5. The predicted molar refractivity (Wildman–Crippen MR) is 116 cm³/mol. The number of carbonyl (C=O) groups is 1. The van der Waals surface area contributed by atoms with Crippen molar-refractivity contribution in [3.8, 4) is 0 Å². The van der Waals surface area contributed by atoms with Gasteiger partial charge in [0.05, 0.1) is 5.56 Å². The molecule has 32 heavy (non-hydrogen) atoms. The van der Waals surface area contributed by atoms with Crippen molar-refractivity contribution < 1.29 is 30.9 Å². The number of carbonyl (C=O) groups excluding carboxylic acids is 1. The average molecular weight is 486 g/mol. The van der Waals surface area contributed by atoms with Crippen LogP contribution in [0.3, 0.4) is 0 Å². The van der Waals surface area contributed by atoms with Crippen LogP contribution in [-0.4, -0.2) is 19.5 Å². The second-order valence-corrected chi connectivity index (χ2v) is 9.60. The van der Waals surface area contributed by atoms with Crippen molar-refractivity contribution in [2.75, 3.05) is 10.0 Å². The van der Waals surface area contributed by atoms with E-state index in [0.29, 0.717) is 22.0 Å². The highest BCUT2D eigenvalue weighted by Crippen LogP contribution is 2.31. The largest absolute Gasteiger partial charge is 0.416 e. The first kappa shape index (κ1) is 23.5. The summed E-state index contributed by atoms with van der Waals surface area (Å²) in [5, 5.41) is 6.51. The molecule has 0 fully saturated rings. The molecule has 3 rings (SSSR count). The fourth-order valence-electron chi connectivity index (χ4n) is 2.54. The molecule has 0 bridgehead atoms. The molecule has 0 aliphatic carbocycles. The van der Waals surface area contributed by atoms with Crippen LogP contribution in [0.25, 0.3) is 12.2 Å². The quantitative estimate of drug-likeness (QED) is 0.468. The van der Waals surface area contributed by atoms with Gasteiger partial charge in [-0.1, -0.05) is 12.1 Å². The summed E-state index contributed by atoms with van der Waals surface area (Å²) in [4.78, 5) is 12.2. The van der Waals surface area contributed by atoms with E-state index in [-0.39, 0.29) is 22.2 Å². The van der Waals surface area contributed by atoms with Gasteiger partial charge in [0.15, 0.2) is 5.76 Å². The van der Waals surface area contributed by atoms with Crippen LogP contribution in [0.4, 0.5) is 24.5 Å². The Labute approximate surface area is 186 Å². The zero-order chi connectivity index (χ0) is 23.5. The lowest BCUT2D eigenvalue weighted by Gasteiger charge is -2.09. The van der Waals surface area contributed by atoms with Crippen molar-refractivity contribution in [1.29, 1.82) is 0 Å². The van der Waals surface area contributed by atoms with Gasteiger partial charge in [-0.3, -0.25) is 9.52 Å². The number of amides is 1. The van der Waals surface area contributed by atoms with E-state index in [4.69, 9.17) is 4.52 Å². The van der Waals surface area contributed by atoms with Gasteiger partial charge in [0.2, 0.25) is 5.91 Å². The standard InChI is InChI=1S/C20H18F3N3O4S2/c1-3-17(27)24-19-12(2)25-30-16(19)10-8-15-9-11-18(31-15)32(28,29)26-14-6-4-13(5-7-14)20(21,22)23/h4-11,26H,3H2,1-2H3,(H,24,27)/b10-8+. The molecular weight excluding hydrogens is 467 g/mol. The van der Waals surface area contributed by atoms with Crippen molar-refractivity contribution in [2.45, 2.75) is 30.7 Å². The monoisotopic (exact) mass is 485 g/mol. The number of aromatic nitrogens is 1. The maximum absolute atomic E-state index is 12.7. The highest BCUT2D eigenvalue weighted by Gasteiger charge is 2.30. The van der Waals surface area contributed by atoms with Gasteiger partial charge in [0.25, 0.3) is 10.0 Å². The minimum Gasteiger partial charge on any atom is -0.354 e. The smallest absolute Gasteiger partial charge is 0.354 e. The third-order valence-corrected chi connectivity index (χ3v) is 7.13. The maximum Gasteiger partial charge on any atom is 0.416 e. The number of nitrogens with zero attached hydrogens (tertiary/aromatic N) is 1. The molecule has 0 saturated carbocycles. The van der Waals surface area contributed by atoms with Gasteiger partial charge in [-0.2, -0.15) is 13.2 Å². The van der Waals surface area contributed by atoms with Crippen molar-refractivity contribution in [3.05, 3.63) is 58.3 Å². The van der Waals surface area contributed by atoms with E-state index < -0.39 is 21.8 Å². The number of hydrogen-bond donors (Lipinski definition) is 2. The van der Waals surface area contributed by atoms with Gasteiger partial charge >= 0.3 is 6.18 Å². The van der Waals surface area contributed by atoms with Crippen LogP contribution < -0.4 is 10.0 Å². The second kappa shape index (κ2) is 9.17. The molecule has 2 N–H and O–H groups in total. The van der Waals surface area contributed by atoms with Crippen LogP contribution in [0.2, 0.25) is 0 Å². The van der Waals surface area contributed by atoms with Crippen molar-refractivity contribution >= 4 is 50.8 Å². The van der Waals surface area contributed by atoms with Crippen LogP contribution in [0.1, 0.15) is 35.2 Å². The highest BCUT2D eigenvalue weighted by atomic mass is 32.2. The minimum atomic E-state index is -4.51. The second-order valence-electron chi connectivity index (χ2n) is 6.58. The molecule has 7 nitrogen and oxygen atoms in total. The Hall–Kier alpha value is -3.12. The molecule has 0 spiro atoms. The topological polar surface area (TPSA) is 101 Å². The van der Waals surface area contributed by atoms with E-state index >= 15 is 0 Å². The van der Waals surface area contributed by atoms with E-state index in [1.54, 1.807) is 32.1 Å². The summed E-state index contributed by atoms with van der Waals surface area (Å²) in [6.07, 6.45) is -1.07. The minimum absolute atomic E-state index is 0.0111. The lowest BCUT2D eigenvalue weighted by molar-refractivity contribution is -0.137.